The first-order chi connectivity index (χ1) is 15.6. The third kappa shape index (κ3) is 3.84. The zero-order valence-electron chi connectivity index (χ0n) is 17.6. The van der Waals surface area contributed by atoms with Crippen LogP contribution in [0.5, 0.6) is 5.75 Å². The molecule has 32 heavy (non-hydrogen) atoms. The normalized spacial score (nSPS) is 14.0. The fourth-order valence-corrected chi connectivity index (χ4v) is 4.75. The second kappa shape index (κ2) is 8.46. The van der Waals surface area contributed by atoms with E-state index < -0.39 is 0 Å². The van der Waals surface area contributed by atoms with E-state index in [0.717, 1.165) is 48.3 Å². The van der Waals surface area contributed by atoms with Crippen molar-refractivity contribution in [3.05, 3.63) is 47.5 Å². The smallest absolute Gasteiger partial charge is 0.306 e. The molecule has 1 aromatic carbocycles. The molecule has 0 atom stereocenters. The van der Waals surface area contributed by atoms with E-state index in [1.54, 1.807) is 18.1 Å². The van der Waals surface area contributed by atoms with Crippen molar-refractivity contribution >= 4 is 39.0 Å². The van der Waals surface area contributed by atoms with E-state index in [1.165, 1.54) is 17.8 Å². The molecule has 1 amide bonds. The molecule has 1 saturated heterocycles. The van der Waals surface area contributed by atoms with Crippen molar-refractivity contribution < 1.29 is 18.8 Å². The first-order valence-electron chi connectivity index (χ1n) is 10.4. The van der Waals surface area contributed by atoms with Crippen LogP contribution in [-0.2, 0) is 0 Å². The number of nitrogens with two attached hydrogens (primary N) is 1. The lowest BCUT2D eigenvalue weighted by atomic mass is 10.1. The summed E-state index contributed by atoms with van der Waals surface area (Å²) >= 11 is 1.25. The third-order valence-electron chi connectivity index (χ3n) is 5.50. The minimum Gasteiger partial charge on any atom is -0.497 e. The van der Waals surface area contributed by atoms with Crippen LogP contribution in [0.3, 0.4) is 0 Å². The number of nitrogen functional groups attached to an aromatic ring is 1. The van der Waals surface area contributed by atoms with Crippen LogP contribution in [-0.4, -0.2) is 36.4 Å². The summed E-state index contributed by atoms with van der Waals surface area (Å²) in [5.74, 6) is 0.700. The number of benzene rings is 1. The summed E-state index contributed by atoms with van der Waals surface area (Å²) in [7, 11) is 1.63. The number of nitrogens with zero attached hydrogens (tertiary/aromatic N) is 4. The van der Waals surface area contributed by atoms with Gasteiger partial charge in [-0.3, -0.25) is 14.6 Å². The molecular weight excluding hydrogens is 428 g/mol. The summed E-state index contributed by atoms with van der Waals surface area (Å²) < 4.78 is 10.5. The molecule has 3 N–H and O–H groups in total. The average Bonchev–Trinajstić information content (AvgIpc) is 3.44. The minimum absolute atomic E-state index is 0.268. The van der Waals surface area contributed by atoms with Gasteiger partial charge >= 0.3 is 5.88 Å². The lowest BCUT2D eigenvalue weighted by Gasteiger charge is -2.17. The molecule has 4 aromatic rings. The summed E-state index contributed by atoms with van der Waals surface area (Å²) in [5.41, 5.74) is 8.43. The largest absolute Gasteiger partial charge is 0.497 e. The Morgan fingerprint density at radius 3 is 2.72 bits per heavy atom. The van der Waals surface area contributed by atoms with Crippen molar-refractivity contribution in [1.82, 2.24) is 10.3 Å². The van der Waals surface area contributed by atoms with Crippen LogP contribution in [0.2, 0.25) is 0 Å². The van der Waals surface area contributed by atoms with E-state index in [1.807, 2.05) is 36.4 Å². The van der Waals surface area contributed by atoms with Crippen LogP contribution in [0, 0.1) is 0 Å². The van der Waals surface area contributed by atoms with E-state index in [9.17, 15) is 4.79 Å². The molecule has 0 aliphatic carbocycles. The second-order valence-electron chi connectivity index (χ2n) is 7.58. The van der Waals surface area contributed by atoms with Crippen molar-refractivity contribution in [2.45, 2.75) is 19.3 Å². The molecule has 164 valence electrons. The van der Waals surface area contributed by atoms with E-state index in [-0.39, 0.29) is 11.8 Å². The number of amides is 1. The number of pyridine rings is 1. The number of piperidine rings is 1. The molecule has 0 radical (unpaired) electrons. The Morgan fingerprint density at radius 1 is 1.19 bits per heavy atom. The Morgan fingerprint density at radius 2 is 1.97 bits per heavy atom. The van der Waals surface area contributed by atoms with Gasteiger partial charge in [0.2, 0.25) is 5.27 Å². The highest BCUT2D eigenvalue weighted by Gasteiger charge is 2.25. The van der Waals surface area contributed by atoms with Gasteiger partial charge in [-0.05, 0) is 55.7 Å². The Kier molecular flexibility index (Phi) is 5.36. The van der Waals surface area contributed by atoms with Crippen LogP contribution in [0.25, 0.3) is 21.5 Å². The second-order valence-corrected chi connectivity index (χ2v) is 8.58. The van der Waals surface area contributed by atoms with Crippen molar-refractivity contribution in [2.75, 3.05) is 36.3 Å². The summed E-state index contributed by atoms with van der Waals surface area (Å²) in [4.78, 5) is 20.3. The van der Waals surface area contributed by atoms with E-state index in [2.05, 4.69) is 15.6 Å². The van der Waals surface area contributed by atoms with Gasteiger partial charge in [-0.25, -0.2) is 4.98 Å². The molecule has 10 heteroatoms. The molecule has 0 unspecified atom stereocenters. The summed E-state index contributed by atoms with van der Waals surface area (Å²) in [6.07, 6.45) is 5.13. The number of carbonyl (C=O) groups is 1. The van der Waals surface area contributed by atoms with Crippen molar-refractivity contribution in [3.8, 4) is 17.0 Å². The molecule has 1 aliphatic heterocycles. The van der Waals surface area contributed by atoms with Crippen LogP contribution >= 0.6 is 11.3 Å². The standard InChI is InChI=1S/C22H22N6O3S/c1-30-15-7-5-14(6-8-15)17-10-9-16-19(23)20(32-22(16)24-17)21(29)25-18-13-28(26-31-18)27-11-3-2-4-12-27/h5-10,13H,2-4,11-12H2,1H3,(H2-,23,25,26,29)/p+1. The number of aromatic nitrogens is 3. The van der Waals surface area contributed by atoms with Crippen molar-refractivity contribution in [3.63, 3.8) is 0 Å². The van der Waals surface area contributed by atoms with Gasteiger partial charge in [-0.15, -0.1) is 11.3 Å². The molecule has 0 bridgehead atoms. The average molecular weight is 452 g/mol. The maximum Gasteiger partial charge on any atom is 0.306 e. The predicted octanol–water partition coefficient (Wildman–Crippen LogP) is 3.20. The minimum atomic E-state index is -0.349. The highest BCUT2D eigenvalue weighted by Crippen LogP contribution is 2.34. The molecule has 1 aliphatic rings. The molecule has 0 spiro atoms. The van der Waals surface area contributed by atoms with Gasteiger partial charge in [0.1, 0.15) is 15.5 Å². The molecule has 0 saturated carbocycles. The van der Waals surface area contributed by atoms with E-state index in [0.29, 0.717) is 15.4 Å². The number of methoxy groups -OCH3 is 1. The summed E-state index contributed by atoms with van der Waals surface area (Å²) in [6, 6.07) is 11.4. The number of rotatable bonds is 5. The van der Waals surface area contributed by atoms with Gasteiger partial charge in [-0.2, -0.15) is 5.01 Å². The maximum absolute atomic E-state index is 12.9. The van der Waals surface area contributed by atoms with Gasteiger partial charge in [-0.1, -0.05) is 0 Å². The van der Waals surface area contributed by atoms with Crippen LogP contribution in [0.4, 0.5) is 11.6 Å². The summed E-state index contributed by atoms with van der Waals surface area (Å²) in [6.45, 7) is 1.83. The van der Waals surface area contributed by atoms with Crippen molar-refractivity contribution in [1.29, 1.82) is 0 Å². The molecule has 1 fully saturated rings. The predicted molar refractivity (Wildman–Crippen MR) is 122 cm³/mol. The third-order valence-corrected chi connectivity index (χ3v) is 6.61. The van der Waals surface area contributed by atoms with Crippen molar-refractivity contribution in [2.24, 2.45) is 0 Å². The van der Waals surface area contributed by atoms with Crippen LogP contribution < -0.4 is 25.6 Å². The Balaban J connectivity index is 1.37. The van der Waals surface area contributed by atoms with Gasteiger partial charge in [0.05, 0.1) is 36.4 Å². The fourth-order valence-electron chi connectivity index (χ4n) is 3.77. The molecule has 4 heterocycles. The number of ether oxygens (including phenoxy) is 1. The van der Waals surface area contributed by atoms with E-state index >= 15 is 0 Å². The Hall–Kier alpha value is -3.66. The number of carbonyl (C=O) groups excluding carboxylic acids is 1. The van der Waals surface area contributed by atoms with Gasteiger partial charge in [0.15, 0.2) is 0 Å². The number of hydrogen-bond donors (Lipinski definition) is 2. The maximum atomic E-state index is 12.9. The Labute approximate surface area is 188 Å². The zero-order chi connectivity index (χ0) is 22.1. The number of hydrogen-bond acceptors (Lipinski definition) is 8. The first kappa shape index (κ1) is 20.3. The topological polar surface area (TPSA) is 110 Å². The quantitative estimate of drug-likeness (QED) is 0.448. The van der Waals surface area contributed by atoms with Gasteiger partial charge in [0, 0.05) is 10.9 Å². The molecule has 5 rings (SSSR count). The lowest BCUT2D eigenvalue weighted by Crippen LogP contribution is -2.60. The highest BCUT2D eigenvalue weighted by molar-refractivity contribution is 7.21. The van der Waals surface area contributed by atoms with Gasteiger partial charge < -0.3 is 10.5 Å². The monoisotopic (exact) mass is 451 g/mol. The van der Waals surface area contributed by atoms with Gasteiger partial charge in [0.25, 0.3) is 12.1 Å². The van der Waals surface area contributed by atoms with E-state index in [4.69, 9.17) is 20.0 Å². The molecular formula is C22H23N6O3S+. The van der Waals surface area contributed by atoms with Crippen LogP contribution in [0.1, 0.15) is 28.9 Å². The fraction of sp³-hybridized carbons (Fsp3) is 0.273. The SMILES string of the molecule is COc1ccc(-c2ccc3c(N)c(C(=O)Nc4c[n+](N5CCCCC5)no4)sc3n2)cc1. The number of anilines is 2. The molecule has 9 nitrogen and oxygen atoms in total. The Bertz CT molecular complexity index is 1260. The lowest BCUT2D eigenvalue weighted by molar-refractivity contribution is -0.759. The number of fused-ring (bicyclic) bond motifs is 1. The number of thiophene rings is 1. The number of nitrogens with one attached hydrogen (secondary N) is 1. The van der Waals surface area contributed by atoms with Crippen LogP contribution in [0.15, 0.2) is 47.1 Å². The highest BCUT2D eigenvalue weighted by atomic mass is 32.1. The first-order valence-corrected chi connectivity index (χ1v) is 11.2. The molecule has 3 aromatic heterocycles. The summed E-state index contributed by atoms with van der Waals surface area (Å²) in [5, 5.41) is 9.60. The zero-order valence-corrected chi connectivity index (χ0v) is 18.4.